The molecule has 5 heteroatoms. The van der Waals surface area contributed by atoms with Crippen molar-refractivity contribution in [2.45, 2.75) is 19.8 Å². The van der Waals surface area contributed by atoms with Crippen molar-refractivity contribution in [3.05, 3.63) is 29.8 Å². The Hall–Kier alpha value is -2.04. The molecule has 1 amide bonds. The second kappa shape index (κ2) is 5.73. The number of carboxylic acids is 1. The summed E-state index contributed by atoms with van der Waals surface area (Å²) in [6.45, 7) is 2.62. The summed E-state index contributed by atoms with van der Waals surface area (Å²) in [5.74, 6) is -1.04. The van der Waals surface area contributed by atoms with Crippen molar-refractivity contribution >= 4 is 17.7 Å². The molecule has 1 aliphatic rings. The van der Waals surface area contributed by atoms with Gasteiger partial charge in [0.05, 0.1) is 13.0 Å². The molecule has 0 aromatic heterocycles. The Kier molecular flexibility index (Phi) is 4.04. The number of amides is 1. The molecule has 1 aliphatic heterocycles. The van der Waals surface area contributed by atoms with E-state index >= 15 is 0 Å². The summed E-state index contributed by atoms with van der Waals surface area (Å²) in [5, 5.41) is 8.80. The van der Waals surface area contributed by atoms with Crippen LogP contribution in [0, 0.1) is 5.92 Å². The van der Waals surface area contributed by atoms with Gasteiger partial charge in [0.25, 0.3) is 0 Å². The number of carboxylic acid groups (broad SMARTS) is 1. The molecule has 1 aromatic rings. The summed E-state index contributed by atoms with van der Waals surface area (Å²) in [6, 6.07) is 7.65. The fourth-order valence-corrected chi connectivity index (χ4v) is 2.15. The van der Waals surface area contributed by atoms with E-state index in [0.717, 1.165) is 12.1 Å². The van der Waals surface area contributed by atoms with E-state index in [-0.39, 0.29) is 18.9 Å². The van der Waals surface area contributed by atoms with Gasteiger partial charge in [0.2, 0.25) is 0 Å². The van der Waals surface area contributed by atoms with Crippen LogP contribution in [0.4, 0.5) is 10.5 Å². The van der Waals surface area contributed by atoms with Gasteiger partial charge in [-0.1, -0.05) is 19.1 Å². The largest absolute Gasteiger partial charge is 0.481 e. The van der Waals surface area contributed by atoms with Gasteiger partial charge in [-0.25, -0.2) is 4.79 Å². The minimum atomic E-state index is -0.871. The van der Waals surface area contributed by atoms with Crippen LogP contribution in [-0.2, 0) is 16.0 Å². The maximum absolute atomic E-state index is 11.7. The molecule has 2 rings (SSSR count). The Labute approximate surface area is 111 Å². The molecule has 1 fully saturated rings. The fraction of sp³-hybridized carbons (Fsp3) is 0.429. The van der Waals surface area contributed by atoms with E-state index in [1.165, 1.54) is 10.5 Å². The molecule has 1 atom stereocenters. The van der Waals surface area contributed by atoms with E-state index in [0.29, 0.717) is 6.54 Å². The van der Waals surface area contributed by atoms with Gasteiger partial charge in [0.1, 0.15) is 0 Å². The fourth-order valence-electron chi connectivity index (χ4n) is 2.15. The maximum atomic E-state index is 11.7. The minimum Gasteiger partial charge on any atom is -0.481 e. The zero-order chi connectivity index (χ0) is 13.8. The number of hydrogen-bond acceptors (Lipinski definition) is 3. The molecule has 1 heterocycles. The molecule has 0 bridgehead atoms. The molecule has 1 saturated heterocycles. The number of cyclic esters (lactones) is 1. The number of hydrogen-bond donors (Lipinski definition) is 1. The summed E-state index contributed by atoms with van der Waals surface area (Å²) >= 11 is 0. The van der Waals surface area contributed by atoms with Crippen molar-refractivity contribution in [2.24, 2.45) is 5.92 Å². The lowest BCUT2D eigenvalue weighted by molar-refractivity contribution is -0.138. The number of benzene rings is 1. The molecular formula is C14H17NO4. The standard InChI is InChI=1S/C14H17NO4/c1-2-10-3-5-12(6-4-10)15-8-11(7-13(16)17)9-19-14(15)18/h3-6,11H,2,7-9H2,1H3,(H,16,17). The first kappa shape index (κ1) is 13.4. The Bertz CT molecular complexity index is 469. The molecule has 1 N–H and O–H groups in total. The van der Waals surface area contributed by atoms with E-state index < -0.39 is 12.1 Å². The highest BCUT2D eigenvalue weighted by molar-refractivity contribution is 5.88. The van der Waals surface area contributed by atoms with E-state index in [4.69, 9.17) is 9.84 Å². The quantitative estimate of drug-likeness (QED) is 0.905. The van der Waals surface area contributed by atoms with E-state index in [1.807, 2.05) is 24.3 Å². The Morgan fingerprint density at radius 2 is 2.11 bits per heavy atom. The normalized spacial score (nSPS) is 19.1. The second-order valence-electron chi connectivity index (χ2n) is 4.67. The van der Waals surface area contributed by atoms with Gasteiger partial charge >= 0.3 is 12.1 Å². The van der Waals surface area contributed by atoms with E-state index in [9.17, 15) is 9.59 Å². The van der Waals surface area contributed by atoms with Crippen LogP contribution in [0.5, 0.6) is 0 Å². The molecule has 0 saturated carbocycles. The summed E-state index contributed by atoms with van der Waals surface area (Å²) in [4.78, 5) is 24.0. The summed E-state index contributed by atoms with van der Waals surface area (Å²) < 4.78 is 5.04. The van der Waals surface area contributed by atoms with Crippen LogP contribution in [0.15, 0.2) is 24.3 Å². The number of carbonyl (C=O) groups excluding carboxylic acids is 1. The summed E-state index contributed by atoms with van der Waals surface area (Å²) in [7, 11) is 0. The van der Waals surface area contributed by atoms with Crippen molar-refractivity contribution in [2.75, 3.05) is 18.1 Å². The average Bonchev–Trinajstić information content (AvgIpc) is 2.40. The smallest absolute Gasteiger partial charge is 0.414 e. The third-order valence-corrected chi connectivity index (χ3v) is 3.22. The van der Waals surface area contributed by atoms with Gasteiger partial charge in [-0.2, -0.15) is 0 Å². The highest BCUT2D eigenvalue weighted by Crippen LogP contribution is 2.23. The number of aryl methyl sites for hydroxylation is 1. The van der Waals surface area contributed by atoms with Crippen molar-refractivity contribution in [3.8, 4) is 0 Å². The Balaban J connectivity index is 2.11. The topological polar surface area (TPSA) is 66.8 Å². The van der Waals surface area contributed by atoms with Crippen LogP contribution in [0.1, 0.15) is 18.9 Å². The predicted octanol–water partition coefficient (Wildman–Crippen LogP) is 2.30. The van der Waals surface area contributed by atoms with Crippen LogP contribution in [-0.4, -0.2) is 30.3 Å². The second-order valence-corrected chi connectivity index (χ2v) is 4.67. The van der Waals surface area contributed by atoms with E-state index in [2.05, 4.69) is 6.92 Å². The van der Waals surface area contributed by atoms with E-state index in [1.54, 1.807) is 0 Å². The lowest BCUT2D eigenvalue weighted by Crippen LogP contribution is -2.43. The molecule has 5 nitrogen and oxygen atoms in total. The minimum absolute atomic E-state index is 0.0107. The Morgan fingerprint density at radius 3 is 2.68 bits per heavy atom. The number of aliphatic carboxylic acids is 1. The SMILES string of the molecule is CCc1ccc(N2CC(CC(=O)O)COC2=O)cc1. The van der Waals surface area contributed by atoms with Crippen LogP contribution in [0.3, 0.4) is 0 Å². The van der Waals surface area contributed by atoms with Crippen molar-refractivity contribution < 1.29 is 19.4 Å². The van der Waals surface area contributed by atoms with Crippen LogP contribution >= 0.6 is 0 Å². The molecule has 0 spiro atoms. The zero-order valence-electron chi connectivity index (χ0n) is 10.8. The molecule has 102 valence electrons. The number of ether oxygens (including phenoxy) is 1. The summed E-state index contributed by atoms with van der Waals surface area (Å²) in [5.41, 5.74) is 1.94. The van der Waals surface area contributed by atoms with Gasteiger partial charge in [0.15, 0.2) is 0 Å². The predicted molar refractivity (Wildman–Crippen MR) is 70.3 cm³/mol. The van der Waals surface area contributed by atoms with Gasteiger partial charge < -0.3 is 9.84 Å². The molecule has 0 aliphatic carbocycles. The number of anilines is 1. The molecule has 1 aromatic carbocycles. The van der Waals surface area contributed by atoms with Gasteiger partial charge in [-0.15, -0.1) is 0 Å². The first-order chi connectivity index (χ1) is 9.10. The van der Waals surface area contributed by atoms with Gasteiger partial charge in [-0.3, -0.25) is 9.69 Å². The van der Waals surface area contributed by atoms with Crippen molar-refractivity contribution in [3.63, 3.8) is 0 Å². The highest BCUT2D eigenvalue weighted by Gasteiger charge is 2.29. The molecule has 0 radical (unpaired) electrons. The van der Waals surface area contributed by atoms with Gasteiger partial charge in [-0.05, 0) is 24.1 Å². The first-order valence-corrected chi connectivity index (χ1v) is 6.35. The van der Waals surface area contributed by atoms with Crippen molar-refractivity contribution in [1.82, 2.24) is 0 Å². The van der Waals surface area contributed by atoms with Crippen LogP contribution < -0.4 is 4.90 Å². The average molecular weight is 263 g/mol. The number of carbonyl (C=O) groups is 2. The highest BCUT2D eigenvalue weighted by atomic mass is 16.6. The number of rotatable bonds is 4. The molecule has 19 heavy (non-hydrogen) atoms. The third kappa shape index (κ3) is 3.24. The molecule has 1 unspecified atom stereocenters. The van der Waals surface area contributed by atoms with Crippen LogP contribution in [0.2, 0.25) is 0 Å². The molecular weight excluding hydrogens is 246 g/mol. The lowest BCUT2D eigenvalue weighted by Gasteiger charge is -2.31. The monoisotopic (exact) mass is 263 g/mol. The third-order valence-electron chi connectivity index (χ3n) is 3.22. The zero-order valence-corrected chi connectivity index (χ0v) is 10.8. The maximum Gasteiger partial charge on any atom is 0.414 e. The first-order valence-electron chi connectivity index (χ1n) is 6.35. The van der Waals surface area contributed by atoms with Crippen molar-refractivity contribution in [1.29, 1.82) is 0 Å². The van der Waals surface area contributed by atoms with Crippen LogP contribution in [0.25, 0.3) is 0 Å². The Morgan fingerprint density at radius 1 is 1.42 bits per heavy atom. The lowest BCUT2D eigenvalue weighted by atomic mass is 10.0. The number of nitrogens with zero attached hydrogens (tertiary/aromatic N) is 1. The van der Waals surface area contributed by atoms with Gasteiger partial charge in [0, 0.05) is 18.2 Å². The summed E-state index contributed by atoms with van der Waals surface area (Å²) in [6.07, 6.45) is 0.536.